The van der Waals surface area contributed by atoms with E-state index in [1.165, 1.54) is 0 Å². The highest BCUT2D eigenvalue weighted by Crippen LogP contribution is 2.06. The van der Waals surface area contributed by atoms with Crippen molar-refractivity contribution in [3.63, 3.8) is 0 Å². The molecular formula is C12H21N3O2. The van der Waals surface area contributed by atoms with E-state index in [0.29, 0.717) is 18.7 Å². The van der Waals surface area contributed by atoms with E-state index in [4.69, 9.17) is 4.74 Å². The Kier molecular flexibility index (Phi) is 5.69. The third-order valence-electron chi connectivity index (χ3n) is 2.60. The molecule has 0 unspecified atom stereocenters. The lowest BCUT2D eigenvalue weighted by atomic mass is 10.2. The summed E-state index contributed by atoms with van der Waals surface area (Å²) < 4.78 is 7.01. The van der Waals surface area contributed by atoms with E-state index < -0.39 is 0 Å². The van der Waals surface area contributed by atoms with Crippen LogP contribution in [0.5, 0.6) is 0 Å². The van der Waals surface area contributed by atoms with Crippen LogP contribution in [0.3, 0.4) is 0 Å². The minimum Gasteiger partial charge on any atom is -0.382 e. The van der Waals surface area contributed by atoms with Gasteiger partial charge in [-0.3, -0.25) is 9.48 Å². The first-order chi connectivity index (χ1) is 8.20. The molecule has 5 nitrogen and oxygen atoms in total. The second-order valence-corrected chi connectivity index (χ2v) is 3.77. The van der Waals surface area contributed by atoms with Crippen LogP contribution in [0.25, 0.3) is 0 Å². The Labute approximate surface area is 102 Å². The number of aromatic nitrogens is 2. The van der Waals surface area contributed by atoms with Gasteiger partial charge in [0, 0.05) is 32.0 Å². The van der Waals surface area contributed by atoms with Crippen molar-refractivity contribution in [2.75, 3.05) is 19.8 Å². The molecule has 0 aliphatic carbocycles. The molecule has 1 aromatic heterocycles. The summed E-state index contributed by atoms with van der Waals surface area (Å²) in [5.41, 5.74) is 1.57. The molecule has 0 saturated carbocycles. The molecule has 0 bridgehead atoms. The normalized spacial score (nSPS) is 10.5. The first kappa shape index (κ1) is 13.7. The molecule has 1 heterocycles. The van der Waals surface area contributed by atoms with Gasteiger partial charge in [-0.05, 0) is 27.2 Å². The minimum absolute atomic E-state index is 0.0568. The highest BCUT2D eigenvalue weighted by molar-refractivity contribution is 5.94. The fraction of sp³-hybridized carbons (Fsp3) is 0.667. The summed E-state index contributed by atoms with van der Waals surface area (Å²) >= 11 is 0. The number of nitrogens with zero attached hydrogens (tertiary/aromatic N) is 2. The van der Waals surface area contributed by atoms with Crippen molar-refractivity contribution < 1.29 is 9.53 Å². The molecule has 0 aromatic carbocycles. The molecule has 0 aliphatic heterocycles. The van der Waals surface area contributed by atoms with E-state index in [1.54, 1.807) is 6.20 Å². The molecule has 1 amide bonds. The number of ether oxygens (including phenoxy) is 1. The van der Waals surface area contributed by atoms with Crippen molar-refractivity contribution in [3.05, 3.63) is 17.5 Å². The summed E-state index contributed by atoms with van der Waals surface area (Å²) in [7, 11) is 0. The summed E-state index contributed by atoms with van der Waals surface area (Å²) in [6, 6.07) is 0. The van der Waals surface area contributed by atoms with E-state index in [1.807, 2.05) is 25.5 Å². The number of aryl methyl sites for hydroxylation is 1. The molecule has 17 heavy (non-hydrogen) atoms. The van der Waals surface area contributed by atoms with Crippen molar-refractivity contribution in [3.8, 4) is 0 Å². The second-order valence-electron chi connectivity index (χ2n) is 3.77. The molecule has 96 valence electrons. The molecular weight excluding hydrogens is 218 g/mol. The molecule has 1 aromatic rings. The Morgan fingerprint density at radius 3 is 2.88 bits per heavy atom. The largest absolute Gasteiger partial charge is 0.382 e. The summed E-state index contributed by atoms with van der Waals surface area (Å²) in [5, 5.41) is 7.01. The average molecular weight is 239 g/mol. The van der Waals surface area contributed by atoms with E-state index in [2.05, 4.69) is 10.4 Å². The van der Waals surface area contributed by atoms with Crippen molar-refractivity contribution in [2.45, 2.75) is 33.7 Å². The van der Waals surface area contributed by atoms with Crippen LogP contribution in [0.2, 0.25) is 0 Å². The monoisotopic (exact) mass is 239 g/mol. The van der Waals surface area contributed by atoms with Crippen LogP contribution in [0.15, 0.2) is 6.20 Å². The van der Waals surface area contributed by atoms with Crippen LogP contribution in [-0.4, -0.2) is 35.4 Å². The third-order valence-corrected chi connectivity index (χ3v) is 2.60. The van der Waals surface area contributed by atoms with Gasteiger partial charge in [-0.1, -0.05) is 0 Å². The van der Waals surface area contributed by atoms with Gasteiger partial charge < -0.3 is 10.1 Å². The fourth-order valence-electron chi connectivity index (χ4n) is 1.60. The minimum atomic E-state index is -0.0568. The summed E-state index contributed by atoms with van der Waals surface area (Å²) in [6.07, 6.45) is 2.46. The van der Waals surface area contributed by atoms with E-state index in [-0.39, 0.29) is 5.91 Å². The molecule has 0 atom stereocenters. The molecule has 5 heteroatoms. The van der Waals surface area contributed by atoms with Gasteiger partial charge in [0.25, 0.3) is 5.91 Å². The molecule has 1 rings (SSSR count). The van der Waals surface area contributed by atoms with Crippen molar-refractivity contribution in [1.29, 1.82) is 0 Å². The predicted octanol–water partition coefficient (Wildman–Crippen LogP) is 1.37. The average Bonchev–Trinajstić information content (AvgIpc) is 2.70. The predicted molar refractivity (Wildman–Crippen MR) is 66.1 cm³/mol. The van der Waals surface area contributed by atoms with Crippen molar-refractivity contribution >= 4 is 5.91 Å². The second kappa shape index (κ2) is 7.06. The summed E-state index contributed by atoms with van der Waals surface area (Å²) in [6.45, 7) is 8.69. The van der Waals surface area contributed by atoms with Crippen LogP contribution in [0.1, 0.15) is 36.3 Å². The lowest BCUT2D eigenvalue weighted by Crippen LogP contribution is -2.25. The van der Waals surface area contributed by atoms with Gasteiger partial charge in [0.1, 0.15) is 0 Å². The zero-order chi connectivity index (χ0) is 12.7. The Bertz CT molecular complexity index is 361. The quantitative estimate of drug-likeness (QED) is 0.731. The zero-order valence-corrected chi connectivity index (χ0v) is 10.8. The molecule has 0 spiro atoms. The van der Waals surface area contributed by atoms with Crippen LogP contribution in [-0.2, 0) is 11.3 Å². The smallest absolute Gasteiger partial charge is 0.254 e. The fourth-order valence-corrected chi connectivity index (χ4v) is 1.60. The molecule has 1 N–H and O–H groups in total. The molecule has 0 saturated heterocycles. The van der Waals surface area contributed by atoms with Gasteiger partial charge in [-0.2, -0.15) is 5.10 Å². The maximum absolute atomic E-state index is 11.8. The number of carbonyl (C=O) groups is 1. The number of hydrogen-bond acceptors (Lipinski definition) is 3. The first-order valence-electron chi connectivity index (χ1n) is 6.09. The Balaban J connectivity index is 2.39. The number of rotatable bonds is 7. The van der Waals surface area contributed by atoms with E-state index in [0.717, 1.165) is 25.3 Å². The van der Waals surface area contributed by atoms with Gasteiger partial charge in [-0.15, -0.1) is 0 Å². The van der Waals surface area contributed by atoms with Gasteiger partial charge in [0.2, 0.25) is 0 Å². The highest BCUT2D eigenvalue weighted by Gasteiger charge is 2.12. The van der Waals surface area contributed by atoms with E-state index >= 15 is 0 Å². The number of amides is 1. The number of hydrogen-bond donors (Lipinski definition) is 1. The topological polar surface area (TPSA) is 56.1 Å². The van der Waals surface area contributed by atoms with Gasteiger partial charge in [-0.25, -0.2) is 0 Å². The highest BCUT2D eigenvalue weighted by atomic mass is 16.5. The van der Waals surface area contributed by atoms with Gasteiger partial charge in [0.15, 0.2) is 0 Å². The van der Waals surface area contributed by atoms with Gasteiger partial charge in [0.05, 0.1) is 11.8 Å². The van der Waals surface area contributed by atoms with Crippen LogP contribution >= 0.6 is 0 Å². The van der Waals surface area contributed by atoms with Crippen molar-refractivity contribution in [1.82, 2.24) is 15.1 Å². The Hall–Kier alpha value is -1.36. The van der Waals surface area contributed by atoms with Crippen molar-refractivity contribution in [2.24, 2.45) is 0 Å². The van der Waals surface area contributed by atoms with E-state index in [9.17, 15) is 4.79 Å². The number of carbonyl (C=O) groups excluding carboxylic acids is 1. The molecule has 0 fully saturated rings. The SMILES string of the molecule is CCOCCCNC(=O)c1cnn(CC)c1C. The first-order valence-corrected chi connectivity index (χ1v) is 6.09. The number of nitrogens with one attached hydrogen (secondary N) is 1. The molecule has 0 aliphatic rings. The van der Waals surface area contributed by atoms with Gasteiger partial charge >= 0.3 is 0 Å². The molecule has 0 radical (unpaired) electrons. The lowest BCUT2D eigenvalue weighted by Gasteiger charge is -2.05. The summed E-state index contributed by atoms with van der Waals surface area (Å²) in [4.78, 5) is 11.8. The van der Waals surface area contributed by atoms with Crippen LogP contribution in [0.4, 0.5) is 0 Å². The van der Waals surface area contributed by atoms with Crippen LogP contribution in [0, 0.1) is 6.92 Å². The third kappa shape index (κ3) is 3.85. The lowest BCUT2D eigenvalue weighted by molar-refractivity contribution is 0.0943. The Morgan fingerprint density at radius 2 is 2.29 bits per heavy atom. The van der Waals surface area contributed by atoms with Crippen LogP contribution < -0.4 is 5.32 Å². The zero-order valence-electron chi connectivity index (χ0n) is 10.8. The Morgan fingerprint density at radius 1 is 1.53 bits per heavy atom. The maximum atomic E-state index is 11.8. The summed E-state index contributed by atoms with van der Waals surface area (Å²) in [5.74, 6) is -0.0568. The standard InChI is InChI=1S/C12H21N3O2/c1-4-15-10(3)11(9-14-15)12(16)13-7-6-8-17-5-2/h9H,4-8H2,1-3H3,(H,13,16). The maximum Gasteiger partial charge on any atom is 0.254 e.